The van der Waals surface area contributed by atoms with Crippen molar-refractivity contribution in [1.82, 2.24) is 4.90 Å². The first-order valence-corrected chi connectivity index (χ1v) is 7.58. The molecule has 0 saturated heterocycles. The molecule has 0 aliphatic heterocycles. The van der Waals surface area contributed by atoms with Gasteiger partial charge in [-0.15, -0.1) is 0 Å². The zero-order valence-corrected chi connectivity index (χ0v) is 14.1. The van der Waals surface area contributed by atoms with Crippen molar-refractivity contribution in [3.05, 3.63) is 69.7 Å². The molecule has 1 amide bonds. The standard InChI is InChI=1S/C17H15Cl2NO3/c1-20(2)16(21)15(11-6-4-3-5-7-11)23-17(22)13-9-8-12(18)10-14(13)19/h3-10,15H,1-2H3. The van der Waals surface area contributed by atoms with E-state index in [1.807, 2.05) is 6.07 Å². The van der Waals surface area contributed by atoms with Crippen LogP contribution >= 0.6 is 23.2 Å². The van der Waals surface area contributed by atoms with Gasteiger partial charge in [0.2, 0.25) is 6.10 Å². The minimum absolute atomic E-state index is 0.156. The summed E-state index contributed by atoms with van der Waals surface area (Å²) < 4.78 is 5.41. The van der Waals surface area contributed by atoms with Crippen LogP contribution in [-0.4, -0.2) is 30.9 Å². The Balaban J connectivity index is 2.30. The number of carbonyl (C=O) groups is 2. The molecule has 23 heavy (non-hydrogen) atoms. The van der Waals surface area contributed by atoms with Crippen LogP contribution in [-0.2, 0) is 9.53 Å². The molecule has 2 aromatic rings. The van der Waals surface area contributed by atoms with Gasteiger partial charge in [-0.2, -0.15) is 0 Å². The number of hydrogen-bond acceptors (Lipinski definition) is 3. The maximum atomic E-state index is 12.4. The zero-order valence-electron chi connectivity index (χ0n) is 12.6. The number of nitrogens with zero attached hydrogens (tertiary/aromatic N) is 1. The molecule has 0 bridgehead atoms. The van der Waals surface area contributed by atoms with Gasteiger partial charge >= 0.3 is 5.97 Å². The highest BCUT2D eigenvalue weighted by molar-refractivity contribution is 6.36. The highest BCUT2D eigenvalue weighted by atomic mass is 35.5. The minimum Gasteiger partial charge on any atom is -0.444 e. The molecule has 0 fully saturated rings. The fraction of sp³-hybridized carbons (Fsp3) is 0.176. The number of likely N-dealkylation sites (N-methyl/N-ethyl adjacent to an activating group) is 1. The van der Waals surface area contributed by atoms with Gasteiger partial charge in [0, 0.05) is 24.7 Å². The Bertz CT molecular complexity index is 717. The van der Waals surface area contributed by atoms with Crippen LogP contribution in [0.2, 0.25) is 10.0 Å². The van der Waals surface area contributed by atoms with Crippen molar-refractivity contribution < 1.29 is 14.3 Å². The Kier molecular flexibility index (Phi) is 5.64. The molecule has 0 saturated carbocycles. The quantitative estimate of drug-likeness (QED) is 0.782. The van der Waals surface area contributed by atoms with Crippen LogP contribution in [0.5, 0.6) is 0 Å². The van der Waals surface area contributed by atoms with Crippen LogP contribution in [0.3, 0.4) is 0 Å². The van der Waals surface area contributed by atoms with Gasteiger partial charge in [-0.1, -0.05) is 53.5 Å². The number of benzene rings is 2. The number of halogens is 2. The third kappa shape index (κ3) is 4.24. The number of esters is 1. The van der Waals surface area contributed by atoms with E-state index < -0.39 is 12.1 Å². The van der Waals surface area contributed by atoms with Crippen molar-refractivity contribution in [1.29, 1.82) is 0 Å². The van der Waals surface area contributed by atoms with E-state index >= 15 is 0 Å². The molecule has 4 nitrogen and oxygen atoms in total. The van der Waals surface area contributed by atoms with E-state index in [2.05, 4.69) is 0 Å². The largest absolute Gasteiger partial charge is 0.444 e. The van der Waals surface area contributed by atoms with Crippen LogP contribution < -0.4 is 0 Å². The summed E-state index contributed by atoms with van der Waals surface area (Å²) in [6.07, 6.45) is -1.04. The number of amides is 1. The molecule has 0 spiro atoms. The SMILES string of the molecule is CN(C)C(=O)C(OC(=O)c1ccc(Cl)cc1Cl)c1ccccc1. The lowest BCUT2D eigenvalue weighted by atomic mass is 10.1. The molecule has 0 aromatic heterocycles. The first-order valence-electron chi connectivity index (χ1n) is 6.82. The Hall–Kier alpha value is -2.04. The lowest BCUT2D eigenvalue weighted by Gasteiger charge is -2.21. The molecule has 6 heteroatoms. The molecular weight excluding hydrogens is 337 g/mol. The average molecular weight is 352 g/mol. The van der Waals surface area contributed by atoms with Crippen molar-refractivity contribution in [3.8, 4) is 0 Å². The van der Waals surface area contributed by atoms with Gasteiger partial charge in [0.15, 0.2) is 0 Å². The van der Waals surface area contributed by atoms with Crippen molar-refractivity contribution in [2.24, 2.45) is 0 Å². The van der Waals surface area contributed by atoms with Gasteiger partial charge < -0.3 is 9.64 Å². The summed E-state index contributed by atoms with van der Waals surface area (Å²) in [5, 5.41) is 0.585. The Morgan fingerprint density at radius 1 is 1.04 bits per heavy atom. The Morgan fingerprint density at radius 2 is 1.70 bits per heavy atom. The van der Waals surface area contributed by atoms with E-state index in [1.54, 1.807) is 38.4 Å². The van der Waals surface area contributed by atoms with E-state index in [9.17, 15) is 9.59 Å². The van der Waals surface area contributed by atoms with Crippen molar-refractivity contribution in [2.45, 2.75) is 6.10 Å². The summed E-state index contributed by atoms with van der Waals surface area (Å²) in [7, 11) is 3.20. The average Bonchev–Trinajstić information content (AvgIpc) is 2.52. The smallest absolute Gasteiger partial charge is 0.340 e. The predicted molar refractivity (Wildman–Crippen MR) is 89.8 cm³/mol. The summed E-state index contributed by atoms with van der Waals surface area (Å²) in [5.41, 5.74) is 0.744. The molecular formula is C17H15Cl2NO3. The van der Waals surface area contributed by atoms with Crippen LogP contribution in [0.15, 0.2) is 48.5 Å². The minimum atomic E-state index is -1.04. The van der Waals surface area contributed by atoms with E-state index in [4.69, 9.17) is 27.9 Å². The van der Waals surface area contributed by atoms with Crippen molar-refractivity contribution >= 4 is 35.1 Å². The molecule has 120 valence electrons. The van der Waals surface area contributed by atoms with Gasteiger partial charge in [0.1, 0.15) is 0 Å². The van der Waals surface area contributed by atoms with Gasteiger partial charge in [-0.05, 0) is 18.2 Å². The van der Waals surface area contributed by atoms with Crippen LogP contribution in [0.4, 0.5) is 0 Å². The van der Waals surface area contributed by atoms with Gasteiger partial charge in [-0.25, -0.2) is 4.79 Å². The highest BCUT2D eigenvalue weighted by Crippen LogP contribution is 2.25. The van der Waals surface area contributed by atoms with Gasteiger partial charge in [-0.3, -0.25) is 4.79 Å². The molecule has 2 rings (SSSR count). The summed E-state index contributed by atoms with van der Waals surface area (Å²) in [5.74, 6) is -1.02. The first kappa shape index (κ1) is 17.3. The molecule has 0 heterocycles. The molecule has 0 aliphatic rings. The number of rotatable bonds is 4. The molecule has 1 unspecified atom stereocenters. The second-order valence-electron chi connectivity index (χ2n) is 5.05. The third-order valence-corrected chi connectivity index (χ3v) is 3.69. The topological polar surface area (TPSA) is 46.6 Å². The fourth-order valence-electron chi connectivity index (χ4n) is 1.95. The number of carbonyl (C=O) groups excluding carboxylic acids is 2. The van der Waals surface area contributed by atoms with E-state index in [0.717, 1.165) is 0 Å². The normalized spacial score (nSPS) is 11.7. The zero-order chi connectivity index (χ0) is 17.0. The van der Waals surface area contributed by atoms with E-state index in [-0.39, 0.29) is 16.5 Å². The van der Waals surface area contributed by atoms with Crippen LogP contribution in [0.1, 0.15) is 22.0 Å². The summed E-state index contributed by atoms with van der Waals surface area (Å²) in [4.78, 5) is 26.1. The maximum absolute atomic E-state index is 12.4. The van der Waals surface area contributed by atoms with Crippen LogP contribution in [0, 0.1) is 0 Å². The predicted octanol–water partition coefficient (Wildman–Crippen LogP) is 3.98. The highest BCUT2D eigenvalue weighted by Gasteiger charge is 2.27. The lowest BCUT2D eigenvalue weighted by Crippen LogP contribution is -2.31. The fourth-order valence-corrected chi connectivity index (χ4v) is 2.43. The maximum Gasteiger partial charge on any atom is 0.340 e. The van der Waals surface area contributed by atoms with Gasteiger partial charge in [0.25, 0.3) is 5.91 Å². The Labute approximate surface area is 144 Å². The summed E-state index contributed by atoms with van der Waals surface area (Å²) in [6, 6.07) is 13.3. The molecule has 1 atom stereocenters. The second kappa shape index (κ2) is 7.49. The molecule has 2 aromatic carbocycles. The summed E-state index contributed by atoms with van der Waals surface area (Å²) in [6.45, 7) is 0. The number of hydrogen-bond donors (Lipinski definition) is 0. The lowest BCUT2D eigenvalue weighted by molar-refractivity contribution is -0.138. The van der Waals surface area contributed by atoms with E-state index in [0.29, 0.717) is 10.6 Å². The molecule has 0 radical (unpaired) electrons. The van der Waals surface area contributed by atoms with Crippen molar-refractivity contribution in [2.75, 3.05) is 14.1 Å². The number of ether oxygens (including phenoxy) is 1. The van der Waals surface area contributed by atoms with Crippen molar-refractivity contribution in [3.63, 3.8) is 0 Å². The van der Waals surface area contributed by atoms with Crippen LogP contribution in [0.25, 0.3) is 0 Å². The van der Waals surface area contributed by atoms with Gasteiger partial charge in [0.05, 0.1) is 10.6 Å². The molecule has 0 N–H and O–H groups in total. The Morgan fingerprint density at radius 3 is 2.26 bits per heavy atom. The third-order valence-electron chi connectivity index (χ3n) is 3.14. The summed E-state index contributed by atoms with van der Waals surface area (Å²) >= 11 is 11.8. The van der Waals surface area contributed by atoms with E-state index in [1.165, 1.54) is 23.1 Å². The second-order valence-corrected chi connectivity index (χ2v) is 5.90. The monoisotopic (exact) mass is 351 g/mol. The first-order chi connectivity index (χ1) is 10.9. The molecule has 0 aliphatic carbocycles.